The highest BCUT2D eigenvalue weighted by Crippen LogP contribution is 2.10. The first-order valence-electron chi connectivity index (χ1n) is 8.05. The van der Waals surface area contributed by atoms with Gasteiger partial charge in [0, 0.05) is 13.0 Å². The Morgan fingerprint density at radius 1 is 1.27 bits per heavy atom. The molecule has 10 heteroatoms. The normalized spacial score (nSPS) is 10.8. The zero-order valence-corrected chi connectivity index (χ0v) is 15.1. The highest BCUT2D eigenvalue weighted by Gasteiger charge is 2.13. The second-order valence-corrected chi connectivity index (χ2v) is 6.79. The van der Waals surface area contributed by atoms with Gasteiger partial charge < -0.3 is 11.1 Å². The van der Waals surface area contributed by atoms with Crippen molar-refractivity contribution in [3.63, 3.8) is 0 Å². The largest absolute Gasteiger partial charge is 0.374 e. The molecule has 0 radical (unpaired) electrons. The van der Waals surface area contributed by atoms with Gasteiger partial charge in [0.2, 0.25) is 11.0 Å². The number of carbonyl (C=O) groups is 1. The Morgan fingerprint density at radius 2 is 2.04 bits per heavy atom. The van der Waals surface area contributed by atoms with Gasteiger partial charge in [-0.1, -0.05) is 41.7 Å². The molecule has 1 amide bonds. The highest BCUT2D eigenvalue weighted by atomic mass is 32.1. The van der Waals surface area contributed by atoms with Gasteiger partial charge in [-0.2, -0.15) is 5.10 Å². The lowest BCUT2D eigenvalue weighted by atomic mass is 10.2. The first-order valence-corrected chi connectivity index (χ1v) is 8.87. The fraction of sp³-hybridized carbons (Fsp3) is 0.312. The zero-order chi connectivity index (χ0) is 18.5. The van der Waals surface area contributed by atoms with E-state index >= 15 is 0 Å². The van der Waals surface area contributed by atoms with Crippen LogP contribution in [0.3, 0.4) is 0 Å². The number of benzene rings is 1. The number of hydrogen-bond acceptors (Lipinski definition) is 7. The third kappa shape index (κ3) is 4.33. The summed E-state index contributed by atoms with van der Waals surface area (Å²) in [5.41, 5.74) is 6.20. The van der Waals surface area contributed by atoms with Gasteiger partial charge in [-0.25, -0.2) is 9.48 Å². The van der Waals surface area contributed by atoms with Gasteiger partial charge in [0.1, 0.15) is 17.4 Å². The summed E-state index contributed by atoms with van der Waals surface area (Å²) in [6, 6.07) is 9.63. The Balaban J connectivity index is 1.58. The molecule has 3 aromatic rings. The van der Waals surface area contributed by atoms with Gasteiger partial charge in [0.15, 0.2) is 0 Å². The van der Waals surface area contributed by atoms with Crippen molar-refractivity contribution in [3.05, 3.63) is 57.2 Å². The summed E-state index contributed by atoms with van der Waals surface area (Å²) in [5.74, 6) is 0.282. The van der Waals surface area contributed by atoms with Crippen LogP contribution in [0.1, 0.15) is 16.4 Å². The van der Waals surface area contributed by atoms with Crippen LogP contribution in [0.25, 0.3) is 0 Å². The van der Waals surface area contributed by atoms with E-state index in [0.29, 0.717) is 30.5 Å². The molecule has 0 aliphatic carbocycles. The van der Waals surface area contributed by atoms with Gasteiger partial charge in [-0.15, -0.1) is 10.2 Å². The molecule has 0 atom stereocenters. The third-order valence-corrected chi connectivity index (χ3v) is 4.54. The monoisotopic (exact) mass is 373 g/mol. The second-order valence-electron chi connectivity index (χ2n) is 5.69. The predicted molar refractivity (Wildman–Crippen MR) is 97.8 cm³/mol. The van der Waals surface area contributed by atoms with Crippen LogP contribution in [0, 0.1) is 6.92 Å². The molecule has 0 bridgehead atoms. The number of carbonyl (C=O) groups excluding carboxylic acids is 1. The number of amides is 1. The van der Waals surface area contributed by atoms with Crippen molar-refractivity contribution in [3.8, 4) is 0 Å². The minimum absolute atomic E-state index is 0.125. The average Bonchev–Trinajstić information content (AvgIpc) is 3.14. The summed E-state index contributed by atoms with van der Waals surface area (Å²) in [5, 5.41) is 15.7. The van der Waals surface area contributed by atoms with Crippen molar-refractivity contribution in [2.24, 2.45) is 0 Å². The molecule has 3 N–H and O–H groups in total. The van der Waals surface area contributed by atoms with Crippen LogP contribution >= 0.6 is 11.3 Å². The number of rotatable bonds is 7. The summed E-state index contributed by atoms with van der Waals surface area (Å²) >= 11 is 1.29. The number of anilines is 1. The number of hydrogen-bond donors (Lipinski definition) is 2. The number of nitrogen functional groups attached to an aromatic ring is 1. The molecule has 0 aliphatic rings. The molecule has 3 rings (SSSR count). The lowest BCUT2D eigenvalue weighted by molar-refractivity contribution is -0.121. The molecule has 2 heterocycles. The Labute approximate surface area is 153 Å². The maximum Gasteiger partial charge on any atom is 0.346 e. The van der Waals surface area contributed by atoms with E-state index in [4.69, 9.17) is 5.73 Å². The van der Waals surface area contributed by atoms with Crippen molar-refractivity contribution >= 4 is 22.4 Å². The number of nitrogens with zero attached hydrogens (tertiary/aromatic N) is 5. The van der Waals surface area contributed by atoms with Crippen LogP contribution in [-0.2, 0) is 24.3 Å². The molecule has 0 saturated carbocycles. The predicted octanol–water partition coefficient (Wildman–Crippen LogP) is 0.194. The number of nitrogens with two attached hydrogens (primary N) is 1. The summed E-state index contributed by atoms with van der Waals surface area (Å²) in [6.07, 6.45) is 0.539. The molecular weight excluding hydrogens is 354 g/mol. The van der Waals surface area contributed by atoms with Crippen molar-refractivity contribution in [1.82, 2.24) is 29.9 Å². The van der Waals surface area contributed by atoms with Crippen LogP contribution in [0.5, 0.6) is 0 Å². The molecule has 0 fully saturated rings. The molecule has 0 saturated heterocycles. The Kier molecular flexibility index (Phi) is 5.42. The van der Waals surface area contributed by atoms with Crippen molar-refractivity contribution < 1.29 is 4.79 Å². The smallest absolute Gasteiger partial charge is 0.346 e. The average molecular weight is 373 g/mol. The Morgan fingerprint density at radius 3 is 2.73 bits per heavy atom. The van der Waals surface area contributed by atoms with E-state index in [1.165, 1.54) is 16.0 Å². The van der Waals surface area contributed by atoms with Crippen LogP contribution in [0.4, 0.5) is 5.13 Å². The van der Waals surface area contributed by atoms with Crippen LogP contribution in [0.15, 0.2) is 35.1 Å². The number of nitrogens with one attached hydrogen (secondary N) is 1. The molecule has 1 aromatic carbocycles. The van der Waals surface area contributed by atoms with Crippen LogP contribution in [0.2, 0.25) is 0 Å². The number of aromatic nitrogens is 5. The lowest BCUT2D eigenvalue weighted by Gasteiger charge is -2.03. The third-order valence-electron chi connectivity index (χ3n) is 3.73. The van der Waals surface area contributed by atoms with E-state index in [9.17, 15) is 9.59 Å². The van der Waals surface area contributed by atoms with Crippen molar-refractivity contribution in [2.75, 3.05) is 12.3 Å². The maximum absolute atomic E-state index is 12.5. The van der Waals surface area contributed by atoms with Gasteiger partial charge in [0.25, 0.3) is 0 Å². The minimum Gasteiger partial charge on any atom is -0.374 e. The van der Waals surface area contributed by atoms with Crippen LogP contribution in [-0.4, -0.2) is 37.0 Å². The topological polar surface area (TPSA) is 121 Å². The molecule has 26 heavy (non-hydrogen) atoms. The Bertz CT molecular complexity index is 945. The van der Waals surface area contributed by atoms with E-state index < -0.39 is 0 Å². The maximum atomic E-state index is 12.5. The summed E-state index contributed by atoms with van der Waals surface area (Å²) < 4.78 is 2.73. The molecule has 0 aliphatic heterocycles. The van der Waals surface area contributed by atoms with Crippen molar-refractivity contribution in [1.29, 1.82) is 0 Å². The first-order chi connectivity index (χ1) is 12.5. The van der Waals surface area contributed by atoms with Gasteiger partial charge in [-0.3, -0.25) is 9.36 Å². The molecule has 9 nitrogen and oxygen atoms in total. The van der Waals surface area contributed by atoms with Gasteiger partial charge >= 0.3 is 5.69 Å². The molecular formula is C16H19N7O2S. The summed E-state index contributed by atoms with van der Waals surface area (Å²) in [7, 11) is 0. The summed E-state index contributed by atoms with van der Waals surface area (Å²) in [6.45, 7) is 2.44. The quantitative estimate of drug-likeness (QED) is 0.610. The standard InChI is InChI=1S/C16H19N7O2S/c1-11-21-23(16(25)22(11)9-12-5-3-2-4-6-12)10-13(24)18-8-7-14-19-20-15(17)26-14/h2-6H,7-10H2,1H3,(H2,17,20)(H,18,24). The zero-order valence-electron chi connectivity index (χ0n) is 14.3. The van der Waals surface area contributed by atoms with E-state index in [0.717, 1.165) is 10.6 Å². The molecule has 136 valence electrons. The van der Waals surface area contributed by atoms with E-state index in [1.54, 1.807) is 11.5 Å². The first kappa shape index (κ1) is 17.8. The fourth-order valence-corrected chi connectivity index (χ4v) is 3.08. The fourth-order valence-electron chi connectivity index (χ4n) is 2.47. The second kappa shape index (κ2) is 7.91. The van der Waals surface area contributed by atoms with Gasteiger partial charge in [-0.05, 0) is 12.5 Å². The van der Waals surface area contributed by atoms with Crippen LogP contribution < -0.4 is 16.7 Å². The van der Waals surface area contributed by atoms with E-state index in [2.05, 4.69) is 20.6 Å². The molecule has 0 spiro atoms. The minimum atomic E-state index is -0.307. The lowest BCUT2D eigenvalue weighted by Crippen LogP contribution is -2.34. The summed E-state index contributed by atoms with van der Waals surface area (Å²) in [4.78, 5) is 24.5. The molecule has 2 aromatic heterocycles. The van der Waals surface area contributed by atoms with E-state index in [-0.39, 0.29) is 18.1 Å². The number of aryl methyl sites for hydroxylation is 1. The van der Waals surface area contributed by atoms with Crippen molar-refractivity contribution in [2.45, 2.75) is 26.4 Å². The SMILES string of the molecule is Cc1nn(CC(=O)NCCc2nnc(N)s2)c(=O)n1Cc1ccccc1. The highest BCUT2D eigenvalue weighted by molar-refractivity contribution is 7.15. The van der Waals surface area contributed by atoms with E-state index in [1.807, 2.05) is 30.3 Å². The molecule has 0 unspecified atom stereocenters. The van der Waals surface area contributed by atoms with Gasteiger partial charge in [0.05, 0.1) is 6.54 Å². The Hall–Kier alpha value is -3.01.